The summed E-state index contributed by atoms with van der Waals surface area (Å²) in [5.74, 6) is -4.50. The normalized spacial score (nSPS) is 13.9. The number of hydrogen-bond acceptors (Lipinski definition) is 8. The summed E-state index contributed by atoms with van der Waals surface area (Å²) in [4.78, 5) is 68.5. The first-order chi connectivity index (χ1) is 18.1. The highest BCUT2D eigenvalue weighted by atomic mass is 32.2. The van der Waals surface area contributed by atoms with Crippen molar-refractivity contribution < 1.29 is 34.2 Å². The topological polar surface area (TPSA) is 217 Å². The fraction of sp³-hybridized carbons (Fsp3) is 0.417. The number of amides is 3. The Balaban J connectivity index is 2.19. The predicted molar refractivity (Wildman–Crippen MR) is 139 cm³/mol. The van der Waals surface area contributed by atoms with Crippen molar-refractivity contribution in [2.45, 2.75) is 49.9 Å². The van der Waals surface area contributed by atoms with Crippen LogP contribution in [0.4, 0.5) is 0 Å². The van der Waals surface area contributed by atoms with E-state index in [0.717, 1.165) is 0 Å². The SMILES string of the molecule is CSCCC(N)C(=O)NC(CC(=O)O)C(=O)NC(Cc1cnc[nH]1)C(=O)NC(Cc1ccccc1)C(=O)O. The van der Waals surface area contributed by atoms with Crippen LogP contribution in [0.3, 0.4) is 0 Å². The van der Waals surface area contributed by atoms with Gasteiger partial charge in [0.2, 0.25) is 17.7 Å². The van der Waals surface area contributed by atoms with Gasteiger partial charge in [0, 0.05) is 24.7 Å². The maximum Gasteiger partial charge on any atom is 0.326 e. The van der Waals surface area contributed by atoms with Gasteiger partial charge in [-0.05, 0) is 24.0 Å². The van der Waals surface area contributed by atoms with Crippen molar-refractivity contribution >= 4 is 41.4 Å². The van der Waals surface area contributed by atoms with Crippen LogP contribution < -0.4 is 21.7 Å². The molecule has 1 heterocycles. The summed E-state index contributed by atoms with van der Waals surface area (Å²) in [6.45, 7) is 0. The third-order valence-corrected chi connectivity index (χ3v) is 6.13. The minimum Gasteiger partial charge on any atom is -0.481 e. The number of imidazole rings is 1. The number of thioether (sulfide) groups is 1. The molecule has 1 aromatic carbocycles. The molecule has 1 aromatic heterocycles. The van der Waals surface area contributed by atoms with Crippen LogP contribution in [0.2, 0.25) is 0 Å². The van der Waals surface area contributed by atoms with Gasteiger partial charge in [0.25, 0.3) is 0 Å². The van der Waals surface area contributed by atoms with E-state index in [-0.39, 0.29) is 12.8 Å². The van der Waals surface area contributed by atoms with E-state index in [1.807, 2.05) is 6.26 Å². The summed E-state index contributed by atoms with van der Waals surface area (Å²) in [7, 11) is 0. The number of nitrogens with one attached hydrogen (secondary N) is 4. The van der Waals surface area contributed by atoms with Crippen molar-refractivity contribution in [2.24, 2.45) is 5.73 Å². The van der Waals surface area contributed by atoms with Crippen LogP contribution in [0.1, 0.15) is 24.1 Å². The largest absolute Gasteiger partial charge is 0.481 e. The number of nitrogens with two attached hydrogens (primary N) is 1. The van der Waals surface area contributed by atoms with Crippen LogP contribution in [0.5, 0.6) is 0 Å². The minimum atomic E-state index is -1.52. The molecule has 0 bridgehead atoms. The number of carboxylic acids is 2. The molecule has 4 unspecified atom stereocenters. The number of aromatic amines is 1. The Morgan fingerprint density at radius 1 is 0.947 bits per heavy atom. The predicted octanol–water partition coefficient (Wildman–Crippen LogP) is -0.711. The smallest absolute Gasteiger partial charge is 0.326 e. The minimum absolute atomic E-state index is 0.00172. The lowest BCUT2D eigenvalue weighted by Crippen LogP contribution is -2.58. The quantitative estimate of drug-likeness (QED) is 0.140. The summed E-state index contributed by atoms with van der Waals surface area (Å²) in [5.41, 5.74) is 6.97. The third kappa shape index (κ3) is 10.2. The standard InChI is InChI=1S/C24H32N6O7S/c1-38-8-7-16(25)21(33)28-18(11-20(31)32)23(35)29-17(10-15-12-26-13-27-15)22(34)30-19(24(36)37)9-14-5-3-2-4-6-14/h2-6,12-13,16-19H,7-11,25H2,1H3,(H,26,27)(H,28,33)(H,29,35)(H,30,34)(H,31,32)(H,36,37). The molecule has 0 saturated heterocycles. The summed E-state index contributed by atoms with van der Waals surface area (Å²) in [6, 6.07) is 3.61. The van der Waals surface area contributed by atoms with Crippen molar-refractivity contribution in [3.8, 4) is 0 Å². The number of aliphatic carboxylic acids is 2. The number of carboxylic acid groups (broad SMARTS) is 2. The van der Waals surface area contributed by atoms with Gasteiger partial charge in [0.05, 0.1) is 18.8 Å². The molecule has 3 amide bonds. The number of carbonyl (C=O) groups is 5. The van der Waals surface area contributed by atoms with Crippen LogP contribution in [0.15, 0.2) is 42.9 Å². The van der Waals surface area contributed by atoms with Crippen molar-refractivity contribution in [3.63, 3.8) is 0 Å². The Morgan fingerprint density at radius 3 is 2.16 bits per heavy atom. The van der Waals surface area contributed by atoms with E-state index in [9.17, 15) is 34.2 Å². The molecular weight excluding hydrogens is 516 g/mol. The van der Waals surface area contributed by atoms with E-state index in [2.05, 4.69) is 25.9 Å². The van der Waals surface area contributed by atoms with Gasteiger partial charge in [-0.15, -0.1) is 0 Å². The van der Waals surface area contributed by atoms with Crippen LogP contribution in [0, 0.1) is 0 Å². The fourth-order valence-electron chi connectivity index (χ4n) is 3.46. The Morgan fingerprint density at radius 2 is 1.58 bits per heavy atom. The molecule has 0 radical (unpaired) electrons. The Bertz CT molecular complexity index is 1080. The van der Waals surface area contributed by atoms with Gasteiger partial charge >= 0.3 is 11.9 Å². The number of aromatic nitrogens is 2. The molecule has 0 aliphatic rings. The first kappa shape index (κ1) is 30.3. The second kappa shape index (κ2) is 15.4. The maximum atomic E-state index is 13.2. The van der Waals surface area contributed by atoms with E-state index < -0.39 is 60.2 Å². The average Bonchev–Trinajstić information content (AvgIpc) is 3.39. The molecule has 4 atom stereocenters. The first-order valence-electron chi connectivity index (χ1n) is 11.7. The third-order valence-electron chi connectivity index (χ3n) is 5.49. The molecule has 2 rings (SSSR count). The van der Waals surface area contributed by atoms with Crippen LogP contribution in [-0.2, 0) is 36.8 Å². The lowest BCUT2D eigenvalue weighted by atomic mass is 10.0. The summed E-state index contributed by atoms with van der Waals surface area (Å²) < 4.78 is 0. The van der Waals surface area contributed by atoms with E-state index in [1.54, 1.807) is 30.3 Å². The summed E-state index contributed by atoms with van der Waals surface area (Å²) in [5, 5.41) is 26.1. The van der Waals surface area contributed by atoms with Gasteiger partial charge in [-0.25, -0.2) is 9.78 Å². The molecule has 14 heteroatoms. The van der Waals surface area contributed by atoms with E-state index in [0.29, 0.717) is 23.4 Å². The zero-order chi connectivity index (χ0) is 28.1. The van der Waals surface area contributed by atoms with Gasteiger partial charge in [0.15, 0.2) is 0 Å². The number of benzene rings is 1. The zero-order valence-electron chi connectivity index (χ0n) is 20.8. The second-order valence-corrected chi connectivity index (χ2v) is 9.46. The number of hydrogen-bond donors (Lipinski definition) is 7. The molecule has 0 aliphatic carbocycles. The maximum absolute atomic E-state index is 13.2. The highest BCUT2D eigenvalue weighted by Gasteiger charge is 2.32. The molecule has 8 N–H and O–H groups in total. The van der Waals surface area contributed by atoms with Crippen molar-refractivity contribution in [1.82, 2.24) is 25.9 Å². The summed E-state index contributed by atoms with van der Waals surface area (Å²) in [6.07, 6.45) is 4.09. The molecule has 0 fully saturated rings. The zero-order valence-corrected chi connectivity index (χ0v) is 21.6. The molecule has 38 heavy (non-hydrogen) atoms. The lowest BCUT2D eigenvalue weighted by Gasteiger charge is -2.24. The Hall–Kier alpha value is -3.91. The molecule has 0 saturated carbocycles. The first-order valence-corrected chi connectivity index (χ1v) is 13.1. The molecule has 2 aromatic rings. The average molecular weight is 549 g/mol. The Labute approximate surface area is 223 Å². The van der Waals surface area contributed by atoms with E-state index in [4.69, 9.17) is 5.73 Å². The van der Waals surface area contributed by atoms with Crippen LogP contribution >= 0.6 is 11.8 Å². The highest BCUT2D eigenvalue weighted by Crippen LogP contribution is 2.07. The fourth-order valence-corrected chi connectivity index (χ4v) is 3.95. The van der Waals surface area contributed by atoms with E-state index in [1.165, 1.54) is 24.3 Å². The highest BCUT2D eigenvalue weighted by molar-refractivity contribution is 7.98. The van der Waals surface area contributed by atoms with Gasteiger partial charge in [-0.1, -0.05) is 30.3 Å². The number of rotatable bonds is 16. The summed E-state index contributed by atoms with van der Waals surface area (Å²) >= 11 is 1.48. The molecule has 13 nitrogen and oxygen atoms in total. The molecular formula is C24H32N6O7S. The van der Waals surface area contributed by atoms with Crippen molar-refractivity contribution in [1.29, 1.82) is 0 Å². The van der Waals surface area contributed by atoms with Gasteiger partial charge in [-0.2, -0.15) is 11.8 Å². The molecule has 206 valence electrons. The van der Waals surface area contributed by atoms with Crippen LogP contribution in [-0.4, -0.2) is 86.0 Å². The Kier molecular flexibility index (Phi) is 12.3. The van der Waals surface area contributed by atoms with Crippen molar-refractivity contribution in [2.75, 3.05) is 12.0 Å². The van der Waals surface area contributed by atoms with Gasteiger partial charge in [0.1, 0.15) is 18.1 Å². The monoisotopic (exact) mass is 548 g/mol. The number of H-pyrrole nitrogens is 1. The second-order valence-electron chi connectivity index (χ2n) is 8.48. The van der Waals surface area contributed by atoms with Crippen LogP contribution in [0.25, 0.3) is 0 Å². The van der Waals surface area contributed by atoms with E-state index >= 15 is 0 Å². The molecule has 0 spiro atoms. The van der Waals surface area contributed by atoms with Gasteiger partial charge in [-0.3, -0.25) is 19.2 Å². The number of carbonyl (C=O) groups excluding carboxylic acids is 3. The number of nitrogens with zero attached hydrogens (tertiary/aromatic N) is 1. The lowest BCUT2D eigenvalue weighted by molar-refractivity contribution is -0.143. The van der Waals surface area contributed by atoms with Gasteiger partial charge < -0.3 is 36.9 Å². The van der Waals surface area contributed by atoms with Crippen molar-refractivity contribution in [3.05, 3.63) is 54.1 Å². The molecule has 0 aliphatic heterocycles.